The number of likely N-dealkylation sites (tertiary alicyclic amines) is 1. The van der Waals surface area contributed by atoms with Gasteiger partial charge in [-0.05, 0) is 63.9 Å². The maximum atomic E-state index is 13.3. The van der Waals surface area contributed by atoms with Crippen LogP contribution < -0.4 is 25.4 Å². The average Bonchev–Trinajstić information content (AvgIpc) is 3.13. The number of piperidine rings is 2. The third kappa shape index (κ3) is 5.16. The van der Waals surface area contributed by atoms with Gasteiger partial charge in [0.25, 0.3) is 5.91 Å². The number of alkyl halides is 2. The summed E-state index contributed by atoms with van der Waals surface area (Å²) in [5.74, 6) is -1.28. The summed E-state index contributed by atoms with van der Waals surface area (Å²) in [7, 11) is 0. The highest BCUT2D eigenvalue weighted by molar-refractivity contribution is 6.00. The van der Waals surface area contributed by atoms with Crippen LogP contribution in [0.5, 0.6) is 11.5 Å². The third-order valence-corrected chi connectivity index (χ3v) is 6.26. The summed E-state index contributed by atoms with van der Waals surface area (Å²) in [5, 5.41) is 9.04. The molecule has 3 aliphatic heterocycles. The van der Waals surface area contributed by atoms with E-state index in [1.165, 1.54) is 18.2 Å². The van der Waals surface area contributed by atoms with Crippen molar-refractivity contribution in [3.05, 3.63) is 23.8 Å². The molecule has 0 unspecified atom stereocenters. The van der Waals surface area contributed by atoms with Gasteiger partial charge in [-0.2, -0.15) is 0 Å². The Morgan fingerprint density at radius 2 is 1.82 bits per heavy atom. The summed E-state index contributed by atoms with van der Waals surface area (Å²) in [5.41, 5.74) is -1.07. The molecule has 0 aliphatic carbocycles. The van der Waals surface area contributed by atoms with Crippen molar-refractivity contribution in [3.8, 4) is 11.5 Å². The first-order valence-corrected chi connectivity index (χ1v) is 11.4. The van der Waals surface area contributed by atoms with Crippen molar-refractivity contribution in [2.45, 2.75) is 50.5 Å². The summed E-state index contributed by atoms with van der Waals surface area (Å²) in [6.07, 6.45) is -2.26. The average molecular weight is 482 g/mol. The number of carbonyl (C=O) groups excluding carboxylic acids is 3. The molecular formula is C22H28F2N4O6. The Morgan fingerprint density at radius 3 is 2.50 bits per heavy atom. The lowest BCUT2D eigenvalue weighted by Crippen LogP contribution is -2.64. The van der Waals surface area contributed by atoms with Crippen molar-refractivity contribution in [2.24, 2.45) is 0 Å². The molecule has 0 aromatic heterocycles. The van der Waals surface area contributed by atoms with E-state index >= 15 is 0 Å². The van der Waals surface area contributed by atoms with Gasteiger partial charge in [-0.25, -0.2) is 4.79 Å². The molecule has 34 heavy (non-hydrogen) atoms. The Morgan fingerprint density at radius 1 is 1.15 bits per heavy atom. The smallest absolute Gasteiger partial charge is 0.450 e. The van der Waals surface area contributed by atoms with E-state index in [1.807, 2.05) is 0 Å². The fraction of sp³-hybridized carbons (Fsp3) is 0.591. The normalized spacial score (nSPS) is 21.0. The molecule has 10 nitrogen and oxygen atoms in total. The number of rotatable bonds is 5. The number of carbonyl (C=O) groups is 3. The van der Waals surface area contributed by atoms with Crippen molar-refractivity contribution in [3.63, 3.8) is 0 Å². The van der Waals surface area contributed by atoms with E-state index in [9.17, 15) is 23.2 Å². The van der Waals surface area contributed by atoms with E-state index in [2.05, 4.69) is 25.4 Å². The molecule has 3 aliphatic rings. The van der Waals surface area contributed by atoms with Crippen molar-refractivity contribution in [1.29, 1.82) is 0 Å². The Hall–Kier alpha value is -3.15. The van der Waals surface area contributed by atoms with Crippen molar-refractivity contribution in [2.75, 3.05) is 32.8 Å². The molecule has 2 fully saturated rings. The zero-order chi connectivity index (χ0) is 24.3. The zero-order valence-corrected chi connectivity index (χ0v) is 18.8. The second-order valence-electron chi connectivity index (χ2n) is 8.55. The van der Waals surface area contributed by atoms with E-state index in [1.54, 1.807) is 11.8 Å². The Bertz CT molecular complexity index is 945. The number of ether oxygens (including phenoxy) is 3. The van der Waals surface area contributed by atoms with E-state index in [4.69, 9.17) is 4.74 Å². The lowest BCUT2D eigenvalue weighted by Gasteiger charge is -2.39. The Balaban J connectivity index is 1.41. The lowest BCUT2D eigenvalue weighted by atomic mass is 9.86. The van der Waals surface area contributed by atoms with Crippen LogP contribution in [0.25, 0.3) is 0 Å². The van der Waals surface area contributed by atoms with Crippen LogP contribution in [0.2, 0.25) is 0 Å². The lowest BCUT2D eigenvalue weighted by molar-refractivity contribution is -0.286. The molecular weight excluding hydrogens is 454 g/mol. The van der Waals surface area contributed by atoms with E-state index in [0.29, 0.717) is 58.5 Å². The van der Waals surface area contributed by atoms with Crippen LogP contribution in [0, 0.1) is 0 Å². The topological polar surface area (TPSA) is 118 Å². The molecule has 0 saturated carbocycles. The fourth-order valence-corrected chi connectivity index (χ4v) is 4.39. The molecule has 0 spiro atoms. The van der Waals surface area contributed by atoms with Crippen LogP contribution in [0.15, 0.2) is 18.2 Å². The van der Waals surface area contributed by atoms with Gasteiger partial charge in [-0.1, -0.05) is 0 Å². The van der Waals surface area contributed by atoms with Gasteiger partial charge >= 0.3 is 12.4 Å². The number of amides is 3. The van der Waals surface area contributed by atoms with Gasteiger partial charge in [0.2, 0.25) is 5.91 Å². The monoisotopic (exact) mass is 482 g/mol. The largest absolute Gasteiger partial charge is 0.586 e. The molecule has 3 heterocycles. The molecule has 3 N–H and O–H groups in total. The highest BCUT2D eigenvalue weighted by atomic mass is 19.3. The number of halogens is 2. The number of nitrogens with one attached hydrogen (secondary N) is 3. The first-order chi connectivity index (χ1) is 16.2. The minimum absolute atomic E-state index is 0.0773. The van der Waals surface area contributed by atoms with Gasteiger partial charge in [0.05, 0.1) is 6.61 Å². The predicted molar refractivity (Wildman–Crippen MR) is 115 cm³/mol. The van der Waals surface area contributed by atoms with Crippen LogP contribution in [0.1, 0.15) is 43.0 Å². The Labute approximate surface area is 195 Å². The SMILES string of the molecule is CCOC(=O)N1CCC(NC(=O)C2(NC(=O)c3ccc4c(c3)OC(F)(F)O4)CCNCC2)CC1. The molecule has 3 amide bonds. The van der Waals surface area contributed by atoms with Crippen LogP contribution in [0.4, 0.5) is 13.6 Å². The first kappa shape index (κ1) is 24.0. The van der Waals surface area contributed by atoms with E-state index in [0.717, 1.165) is 0 Å². The number of hydrogen-bond donors (Lipinski definition) is 3. The molecule has 186 valence electrons. The van der Waals surface area contributed by atoms with Gasteiger partial charge < -0.3 is 35.1 Å². The van der Waals surface area contributed by atoms with Crippen LogP contribution in [0.3, 0.4) is 0 Å². The van der Waals surface area contributed by atoms with Gasteiger partial charge in [0.1, 0.15) is 5.54 Å². The maximum Gasteiger partial charge on any atom is 0.586 e. The standard InChI is InChI=1S/C22H28F2N4O6/c1-2-32-20(31)28-11-5-15(6-12-28)26-19(30)21(7-9-25-10-8-21)27-18(29)14-3-4-16-17(13-14)34-22(23,24)33-16/h3-4,13,15,25H,2,5-12H2,1H3,(H,26,30)(H,27,29). The molecule has 1 aromatic carbocycles. The van der Waals surface area contributed by atoms with Gasteiger partial charge in [-0.3, -0.25) is 9.59 Å². The quantitative estimate of drug-likeness (QED) is 0.584. The van der Waals surface area contributed by atoms with Gasteiger partial charge in [0, 0.05) is 24.7 Å². The number of nitrogens with zero attached hydrogens (tertiary/aromatic N) is 1. The van der Waals surface area contributed by atoms with E-state index in [-0.39, 0.29) is 35.1 Å². The number of benzene rings is 1. The Kier molecular flexibility index (Phi) is 6.78. The minimum Gasteiger partial charge on any atom is -0.450 e. The maximum absolute atomic E-state index is 13.3. The van der Waals surface area contributed by atoms with Crippen LogP contribution >= 0.6 is 0 Å². The summed E-state index contributed by atoms with van der Waals surface area (Å²) in [4.78, 5) is 39.8. The summed E-state index contributed by atoms with van der Waals surface area (Å²) < 4.78 is 40.4. The summed E-state index contributed by atoms with van der Waals surface area (Å²) in [6.45, 7) is 4.04. The second-order valence-corrected chi connectivity index (χ2v) is 8.55. The molecule has 4 rings (SSSR count). The highest BCUT2D eigenvalue weighted by Crippen LogP contribution is 2.41. The van der Waals surface area contributed by atoms with Crippen molar-refractivity contribution >= 4 is 17.9 Å². The summed E-state index contributed by atoms with van der Waals surface area (Å²) >= 11 is 0. The third-order valence-electron chi connectivity index (χ3n) is 6.26. The van der Waals surface area contributed by atoms with Gasteiger partial charge in [0.15, 0.2) is 11.5 Å². The minimum atomic E-state index is -3.78. The highest BCUT2D eigenvalue weighted by Gasteiger charge is 2.45. The van der Waals surface area contributed by atoms with Crippen LogP contribution in [-0.2, 0) is 9.53 Å². The molecule has 0 bridgehead atoms. The van der Waals surface area contributed by atoms with Crippen LogP contribution in [-0.4, -0.2) is 73.5 Å². The second kappa shape index (κ2) is 9.61. The summed E-state index contributed by atoms with van der Waals surface area (Å²) in [6, 6.07) is 3.60. The zero-order valence-electron chi connectivity index (χ0n) is 18.8. The molecule has 0 atom stereocenters. The number of hydrogen-bond acceptors (Lipinski definition) is 7. The fourth-order valence-electron chi connectivity index (χ4n) is 4.39. The molecule has 0 radical (unpaired) electrons. The molecule has 1 aromatic rings. The van der Waals surface area contributed by atoms with E-state index < -0.39 is 17.7 Å². The number of fused-ring (bicyclic) bond motifs is 1. The molecule has 12 heteroatoms. The van der Waals surface area contributed by atoms with Gasteiger partial charge in [-0.15, -0.1) is 8.78 Å². The molecule has 2 saturated heterocycles. The predicted octanol–water partition coefficient (Wildman–Crippen LogP) is 1.60. The van der Waals surface area contributed by atoms with Crippen molar-refractivity contribution in [1.82, 2.24) is 20.9 Å². The first-order valence-electron chi connectivity index (χ1n) is 11.4. The van der Waals surface area contributed by atoms with Crippen molar-refractivity contribution < 1.29 is 37.4 Å².